The normalized spacial score (nSPS) is 11.5. The minimum atomic E-state index is -3.97. The molecule has 0 fully saturated rings. The number of pyridine rings is 1. The number of nitrogens with zero attached hydrogens (tertiary/aromatic N) is 1. The van der Waals surface area contributed by atoms with Crippen molar-refractivity contribution in [2.45, 2.75) is 83.0 Å². The van der Waals surface area contributed by atoms with Crippen molar-refractivity contribution in [3.05, 3.63) is 30.5 Å². The molecule has 1 amide bonds. The maximum Gasteiger partial charge on any atom is 0.264 e. The van der Waals surface area contributed by atoms with Crippen LogP contribution >= 0.6 is 0 Å². The second-order valence-electron chi connectivity index (χ2n) is 7.50. The summed E-state index contributed by atoms with van der Waals surface area (Å²) in [5, 5.41) is 0.437. The lowest BCUT2D eigenvalue weighted by molar-refractivity contribution is -0.119. The maximum absolute atomic E-state index is 12.8. The van der Waals surface area contributed by atoms with Gasteiger partial charge in [-0.15, -0.1) is 0 Å². The summed E-state index contributed by atoms with van der Waals surface area (Å²) in [7, 11) is -3.97. The number of fused-ring (bicyclic) bond motifs is 1. The Morgan fingerprint density at radius 1 is 0.967 bits per heavy atom. The second-order valence-corrected chi connectivity index (χ2v) is 9.15. The highest BCUT2D eigenvalue weighted by Crippen LogP contribution is 2.29. The Bertz CT molecular complexity index is 913. The maximum atomic E-state index is 12.8. The summed E-state index contributed by atoms with van der Waals surface area (Å²) < 4.78 is 33.3. The Morgan fingerprint density at radius 3 is 2.30 bits per heavy atom. The third kappa shape index (κ3) is 7.27. The highest BCUT2D eigenvalue weighted by Gasteiger charge is 2.21. The lowest BCUT2D eigenvalue weighted by atomic mass is 10.1. The standard InChI is InChI=1S/C23H34N2O4S/c1-3-5-6-7-8-9-10-11-12-15-22(26)25-30(27,28)21-17-16-20(29-4-2)23-19(21)14-13-18-24-23/h13-14,16-18H,3-12,15H2,1-2H3,(H,25,26). The summed E-state index contributed by atoms with van der Waals surface area (Å²) in [6.07, 6.45) is 12.1. The van der Waals surface area contributed by atoms with E-state index in [2.05, 4.69) is 16.6 Å². The van der Waals surface area contributed by atoms with Crippen molar-refractivity contribution in [2.75, 3.05) is 6.61 Å². The number of amides is 1. The molecule has 2 aromatic rings. The van der Waals surface area contributed by atoms with Gasteiger partial charge in [0.2, 0.25) is 5.91 Å². The van der Waals surface area contributed by atoms with Gasteiger partial charge in [0, 0.05) is 18.0 Å². The molecule has 0 atom stereocenters. The number of rotatable bonds is 14. The lowest BCUT2D eigenvalue weighted by Gasteiger charge is -2.12. The fourth-order valence-electron chi connectivity index (χ4n) is 3.48. The number of benzene rings is 1. The molecule has 0 aliphatic rings. The van der Waals surface area contributed by atoms with Gasteiger partial charge in [-0.1, -0.05) is 58.3 Å². The number of unbranched alkanes of at least 4 members (excludes halogenated alkanes) is 8. The summed E-state index contributed by atoms with van der Waals surface area (Å²) in [5.74, 6) is 0.0527. The average molecular weight is 435 g/mol. The number of hydrogen-bond donors (Lipinski definition) is 1. The van der Waals surface area contributed by atoms with Crippen molar-refractivity contribution < 1.29 is 17.9 Å². The van der Waals surface area contributed by atoms with E-state index in [1.165, 1.54) is 44.6 Å². The quantitative estimate of drug-likeness (QED) is 0.405. The van der Waals surface area contributed by atoms with Crippen LogP contribution in [0, 0.1) is 0 Å². The van der Waals surface area contributed by atoms with Crippen molar-refractivity contribution in [1.29, 1.82) is 0 Å². The first-order valence-corrected chi connectivity index (χ1v) is 12.5. The van der Waals surface area contributed by atoms with E-state index in [9.17, 15) is 13.2 Å². The lowest BCUT2D eigenvalue weighted by Crippen LogP contribution is -2.30. The number of nitrogens with one attached hydrogen (secondary N) is 1. The first kappa shape index (κ1) is 24.1. The first-order chi connectivity index (χ1) is 14.5. The molecule has 30 heavy (non-hydrogen) atoms. The van der Waals surface area contributed by atoms with Gasteiger partial charge in [0.25, 0.3) is 10.0 Å². The van der Waals surface area contributed by atoms with E-state index in [1.807, 2.05) is 6.92 Å². The Hall–Kier alpha value is -2.15. The summed E-state index contributed by atoms with van der Waals surface area (Å²) >= 11 is 0. The number of carbonyl (C=O) groups is 1. The highest BCUT2D eigenvalue weighted by atomic mass is 32.2. The number of sulfonamides is 1. The van der Waals surface area contributed by atoms with Gasteiger partial charge in [0.15, 0.2) is 0 Å². The topological polar surface area (TPSA) is 85.4 Å². The molecule has 1 aromatic carbocycles. The zero-order valence-electron chi connectivity index (χ0n) is 18.2. The second kappa shape index (κ2) is 12.5. The van der Waals surface area contributed by atoms with Gasteiger partial charge in [-0.2, -0.15) is 0 Å². The number of aromatic nitrogens is 1. The van der Waals surface area contributed by atoms with Crippen LogP contribution in [0.2, 0.25) is 0 Å². The molecule has 7 heteroatoms. The predicted octanol–water partition coefficient (Wildman–Crippen LogP) is 5.36. The summed E-state index contributed by atoms with van der Waals surface area (Å²) in [4.78, 5) is 16.5. The van der Waals surface area contributed by atoms with E-state index in [1.54, 1.807) is 24.4 Å². The molecule has 2 rings (SSSR count). The van der Waals surface area contributed by atoms with Crippen LogP contribution in [0.25, 0.3) is 10.9 Å². The average Bonchev–Trinajstić information content (AvgIpc) is 2.72. The summed E-state index contributed by atoms with van der Waals surface area (Å²) in [6, 6.07) is 6.38. The smallest absolute Gasteiger partial charge is 0.264 e. The highest BCUT2D eigenvalue weighted by molar-refractivity contribution is 7.90. The van der Waals surface area contributed by atoms with Crippen LogP contribution in [-0.4, -0.2) is 25.9 Å². The predicted molar refractivity (Wildman–Crippen MR) is 120 cm³/mol. The van der Waals surface area contributed by atoms with Crippen LogP contribution in [0.15, 0.2) is 35.4 Å². The van der Waals surface area contributed by atoms with Crippen molar-refractivity contribution in [1.82, 2.24) is 9.71 Å². The summed E-state index contributed by atoms with van der Waals surface area (Å²) in [6.45, 7) is 4.51. The fourth-order valence-corrected chi connectivity index (χ4v) is 4.69. The van der Waals surface area contributed by atoms with Crippen molar-refractivity contribution in [3.8, 4) is 5.75 Å². The number of carbonyl (C=O) groups excluding carboxylic acids is 1. The third-order valence-corrected chi connectivity index (χ3v) is 6.47. The SMILES string of the molecule is CCCCCCCCCCCC(=O)NS(=O)(=O)c1ccc(OCC)c2ncccc12. The minimum absolute atomic E-state index is 0.0366. The van der Waals surface area contributed by atoms with Gasteiger partial charge < -0.3 is 4.74 Å². The Kier molecular flexibility index (Phi) is 10.1. The van der Waals surface area contributed by atoms with Crippen molar-refractivity contribution in [3.63, 3.8) is 0 Å². The molecule has 0 unspecified atom stereocenters. The molecule has 6 nitrogen and oxygen atoms in total. The Labute approximate surface area is 180 Å². The monoisotopic (exact) mass is 434 g/mol. The third-order valence-electron chi connectivity index (χ3n) is 5.04. The first-order valence-electron chi connectivity index (χ1n) is 11.1. The van der Waals surface area contributed by atoms with Gasteiger partial charge in [-0.25, -0.2) is 13.1 Å². The molecular formula is C23H34N2O4S. The molecule has 0 radical (unpaired) electrons. The summed E-state index contributed by atoms with van der Waals surface area (Å²) in [5.41, 5.74) is 0.466. The van der Waals surface area contributed by atoms with E-state index in [0.717, 1.165) is 12.8 Å². The molecule has 0 saturated carbocycles. The molecule has 1 aromatic heterocycles. The molecule has 0 spiro atoms. The molecule has 0 aliphatic heterocycles. The molecule has 0 bridgehead atoms. The minimum Gasteiger partial charge on any atom is -0.492 e. The van der Waals surface area contributed by atoms with Crippen LogP contribution in [-0.2, 0) is 14.8 Å². The van der Waals surface area contributed by atoms with Crippen LogP contribution in [0.3, 0.4) is 0 Å². The van der Waals surface area contributed by atoms with E-state index in [-0.39, 0.29) is 11.3 Å². The van der Waals surface area contributed by atoms with Gasteiger partial charge >= 0.3 is 0 Å². The Morgan fingerprint density at radius 2 is 1.63 bits per heavy atom. The zero-order chi connectivity index (χ0) is 21.8. The van der Waals surface area contributed by atoms with E-state index >= 15 is 0 Å². The molecule has 1 heterocycles. The number of hydrogen-bond acceptors (Lipinski definition) is 5. The van der Waals surface area contributed by atoms with E-state index < -0.39 is 15.9 Å². The molecular weight excluding hydrogens is 400 g/mol. The molecule has 1 N–H and O–H groups in total. The van der Waals surface area contributed by atoms with Gasteiger partial charge in [-0.3, -0.25) is 9.78 Å². The van der Waals surface area contributed by atoms with Crippen LogP contribution in [0.4, 0.5) is 0 Å². The zero-order valence-corrected chi connectivity index (χ0v) is 19.0. The molecule has 166 valence electrons. The molecule has 0 aliphatic carbocycles. The van der Waals surface area contributed by atoms with Crippen molar-refractivity contribution >= 4 is 26.8 Å². The van der Waals surface area contributed by atoms with E-state index in [4.69, 9.17) is 4.74 Å². The van der Waals surface area contributed by atoms with Gasteiger partial charge in [0.1, 0.15) is 11.3 Å². The Balaban J connectivity index is 1.88. The van der Waals surface area contributed by atoms with Crippen molar-refractivity contribution in [2.24, 2.45) is 0 Å². The van der Waals surface area contributed by atoms with Gasteiger partial charge in [0.05, 0.1) is 11.5 Å². The van der Waals surface area contributed by atoms with Crippen LogP contribution in [0.5, 0.6) is 5.75 Å². The molecule has 0 saturated heterocycles. The van der Waals surface area contributed by atoms with Crippen LogP contribution in [0.1, 0.15) is 78.1 Å². The fraction of sp³-hybridized carbons (Fsp3) is 0.565. The largest absolute Gasteiger partial charge is 0.492 e. The number of ether oxygens (including phenoxy) is 1. The van der Waals surface area contributed by atoms with E-state index in [0.29, 0.717) is 29.7 Å². The van der Waals surface area contributed by atoms with Crippen LogP contribution < -0.4 is 9.46 Å². The van der Waals surface area contributed by atoms with Gasteiger partial charge in [-0.05, 0) is 37.6 Å².